The summed E-state index contributed by atoms with van der Waals surface area (Å²) in [6.45, 7) is 5.03. The second kappa shape index (κ2) is 9.45. The van der Waals surface area contributed by atoms with Crippen LogP contribution in [0.3, 0.4) is 0 Å². The lowest BCUT2D eigenvalue weighted by Gasteiger charge is -2.11. The first-order valence-corrected chi connectivity index (χ1v) is 11.1. The van der Waals surface area contributed by atoms with E-state index in [1.165, 1.54) is 12.4 Å². The minimum absolute atomic E-state index is 0.130. The molecule has 0 aliphatic rings. The van der Waals surface area contributed by atoms with Crippen molar-refractivity contribution in [1.29, 1.82) is 0 Å². The van der Waals surface area contributed by atoms with E-state index >= 15 is 0 Å². The normalized spacial score (nSPS) is 11.0. The number of aromatic nitrogens is 3. The minimum atomic E-state index is -1.04. The number of para-hydroxylation sites is 1. The third-order valence-electron chi connectivity index (χ3n) is 5.19. The summed E-state index contributed by atoms with van der Waals surface area (Å²) in [5.41, 5.74) is 1.92. The minimum Gasteiger partial charge on any atom is -0.494 e. The number of ether oxygens (including phenoxy) is 2. The summed E-state index contributed by atoms with van der Waals surface area (Å²) < 4.78 is 27.4. The zero-order valence-corrected chi connectivity index (χ0v) is 19.2. The fourth-order valence-electron chi connectivity index (χ4n) is 3.79. The van der Waals surface area contributed by atoms with Crippen molar-refractivity contribution in [2.45, 2.75) is 20.4 Å². The van der Waals surface area contributed by atoms with Crippen molar-refractivity contribution in [1.82, 2.24) is 14.5 Å². The maximum atomic E-state index is 14.5. The van der Waals surface area contributed by atoms with Crippen LogP contribution in [0, 0.1) is 12.7 Å². The quantitative estimate of drug-likeness (QED) is 0.362. The molecule has 0 radical (unpaired) electrons. The number of carboxylic acids is 1. The Morgan fingerprint density at radius 2 is 2.12 bits per heavy atom. The van der Waals surface area contributed by atoms with Crippen LogP contribution in [0.25, 0.3) is 21.5 Å². The molecule has 0 atom stereocenters. The number of thiophene rings is 1. The Hall–Kier alpha value is -3.66. The molecule has 1 aromatic carbocycles. The fourth-order valence-corrected chi connectivity index (χ4v) is 4.70. The fraction of sp³-hybridized carbons (Fsp3) is 0.261. The molecule has 0 saturated carbocycles. The summed E-state index contributed by atoms with van der Waals surface area (Å²) in [6.07, 6.45) is 1.41. The molecule has 172 valence electrons. The van der Waals surface area contributed by atoms with E-state index in [9.17, 15) is 14.3 Å². The smallest absolute Gasteiger partial charge is 0.349 e. The van der Waals surface area contributed by atoms with Crippen LogP contribution in [-0.4, -0.2) is 45.9 Å². The van der Waals surface area contributed by atoms with Gasteiger partial charge in [-0.15, -0.1) is 11.3 Å². The molecule has 8 nitrogen and oxygen atoms in total. The summed E-state index contributed by atoms with van der Waals surface area (Å²) in [7, 11) is 1.58. The van der Waals surface area contributed by atoms with E-state index in [1.54, 1.807) is 32.2 Å². The number of hydrogen-bond acceptors (Lipinski definition) is 7. The Morgan fingerprint density at radius 3 is 2.85 bits per heavy atom. The number of hydrogen-bond donors (Lipinski definition) is 2. The van der Waals surface area contributed by atoms with Crippen LogP contribution in [0.5, 0.6) is 11.5 Å². The maximum Gasteiger partial charge on any atom is 0.349 e. The van der Waals surface area contributed by atoms with Gasteiger partial charge in [0.1, 0.15) is 29.5 Å². The highest BCUT2D eigenvalue weighted by molar-refractivity contribution is 7.17. The lowest BCUT2D eigenvalue weighted by molar-refractivity contribution is 0.0698. The van der Waals surface area contributed by atoms with Gasteiger partial charge >= 0.3 is 5.97 Å². The topological polar surface area (TPSA) is 98.5 Å². The number of carbonyl (C=O) groups is 1. The van der Waals surface area contributed by atoms with Gasteiger partial charge in [0.05, 0.1) is 35.5 Å². The monoisotopic (exact) mass is 470 g/mol. The Kier molecular flexibility index (Phi) is 6.45. The van der Waals surface area contributed by atoms with Gasteiger partial charge in [-0.1, -0.05) is 6.07 Å². The summed E-state index contributed by atoms with van der Waals surface area (Å²) in [5.74, 6) is 0.207. The number of rotatable bonds is 9. The van der Waals surface area contributed by atoms with Gasteiger partial charge in [-0.05, 0) is 26.0 Å². The van der Waals surface area contributed by atoms with Crippen molar-refractivity contribution in [2.75, 3.05) is 25.6 Å². The van der Waals surface area contributed by atoms with Crippen molar-refractivity contribution in [2.24, 2.45) is 0 Å². The first-order valence-electron chi connectivity index (χ1n) is 10.3. The lowest BCUT2D eigenvalue weighted by Crippen LogP contribution is -2.13. The molecular formula is C23H23FN4O4S. The van der Waals surface area contributed by atoms with Crippen molar-refractivity contribution in [3.63, 3.8) is 0 Å². The van der Waals surface area contributed by atoms with E-state index in [1.807, 2.05) is 17.6 Å². The van der Waals surface area contributed by atoms with Gasteiger partial charge in [0.15, 0.2) is 4.88 Å². The zero-order valence-electron chi connectivity index (χ0n) is 18.4. The summed E-state index contributed by atoms with van der Waals surface area (Å²) >= 11 is 1.10. The predicted molar refractivity (Wildman–Crippen MR) is 125 cm³/mol. The van der Waals surface area contributed by atoms with Crippen LogP contribution in [0.15, 0.2) is 36.7 Å². The number of carboxylic acid groups (broad SMARTS) is 1. The highest BCUT2D eigenvalue weighted by Gasteiger charge is 2.19. The molecule has 0 spiro atoms. The number of anilines is 1. The molecule has 3 heterocycles. The number of benzene rings is 1. The second-order valence-corrected chi connectivity index (χ2v) is 8.22. The predicted octanol–water partition coefficient (Wildman–Crippen LogP) is 4.82. The molecule has 0 aliphatic heterocycles. The molecule has 10 heteroatoms. The molecule has 0 amide bonds. The van der Waals surface area contributed by atoms with E-state index < -0.39 is 5.97 Å². The van der Waals surface area contributed by atoms with Crippen LogP contribution in [-0.2, 0) is 6.54 Å². The van der Waals surface area contributed by atoms with Crippen LogP contribution in [0.2, 0.25) is 0 Å². The van der Waals surface area contributed by atoms with Crippen molar-refractivity contribution in [3.05, 3.63) is 53.0 Å². The largest absolute Gasteiger partial charge is 0.494 e. The average molecular weight is 471 g/mol. The van der Waals surface area contributed by atoms with E-state index in [4.69, 9.17) is 9.47 Å². The third kappa shape index (κ3) is 4.34. The third-order valence-corrected chi connectivity index (χ3v) is 6.32. The Labute approximate surface area is 193 Å². The highest BCUT2D eigenvalue weighted by Crippen LogP contribution is 2.36. The number of fused-ring (bicyclic) bond motifs is 1. The zero-order chi connectivity index (χ0) is 23.5. The molecule has 0 saturated heterocycles. The van der Waals surface area contributed by atoms with Gasteiger partial charge in [-0.2, -0.15) is 0 Å². The molecular weight excluding hydrogens is 447 g/mol. The molecule has 2 N–H and O–H groups in total. The van der Waals surface area contributed by atoms with E-state index in [-0.39, 0.29) is 10.7 Å². The van der Waals surface area contributed by atoms with Crippen LogP contribution in [0.1, 0.15) is 22.3 Å². The average Bonchev–Trinajstić information content (AvgIpc) is 3.34. The lowest BCUT2D eigenvalue weighted by atomic mass is 10.2. The Morgan fingerprint density at radius 1 is 1.30 bits per heavy atom. The van der Waals surface area contributed by atoms with E-state index in [0.717, 1.165) is 22.4 Å². The molecule has 4 aromatic rings. The molecule has 3 aromatic heterocycles. The van der Waals surface area contributed by atoms with Gasteiger partial charge in [0.25, 0.3) is 0 Å². The number of nitrogens with one attached hydrogen (secondary N) is 1. The van der Waals surface area contributed by atoms with Crippen molar-refractivity contribution in [3.8, 4) is 22.1 Å². The van der Waals surface area contributed by atoms with Gasteiger partial charge in [0, 0.05) is 30.6 Å². The Bertz CT molecular complexity index is 1320. The number of nitrogens with zero attached hydrogens (tertiary/aromatic N) is 3. The van der Waals surface area contributed by atoms with E-state index in [0.29, 0.717) is 53.1 Å². The first kappa shape index (κ1) is 22.5. The summed E-state index contributed by atoms with van der Waals surface area (Å²) in [4.78, 5) is 20.8. The molecule has 0 bridgehead atoms. The van der Waals surface area contributed by atoms with Gasteiger partial charge < -0.3 is 24.5 Å². The van der Waals surface area contributed by atoms with Gasteiger partial charge in [-0.25, -0.2) is 19.2 Å². The maximum absolute atomic E-state index is 14.5. The van der Waals surface area contributed by atoms with Crippen molar-refractivity contribution >= 4 is 34.0 Å². The Balaban J connectivity index is 1.54. The summed E-state index contributed by atoms with van der Waals surface area (Å²) in [5, 5.41) is 13.4. The van der Waals surface area contributed by atoms with Gasteiger partial charge in [0.2, 0.25) is 0 Å². The van der Waals surface area contributed by atoms with Crippen molar-refractivity contribution < 1.29 is 23.8 Å². The molecule has 0 aliphatic carbocycles. The standard InChI is InChI=1S/C23H23FN4O4S/c1-4-32-17-11-18(33-22(17)23(29)30)16-10-19(27-12-26-16)25-8-9-28-13(2)21(31-3)14-6-5-7-15(24)20(14)28/h5-7,10-12H,4,8-9H2,1-3H3,(H,29,30)(H,25,26,27). The SMILES string of the molecule is CCOc1cc(-c2cc(NCCn3c(C)c(OC)c4cccc(F)c43)ncn2)sc1C(=O)O. The summed E-state index contributed by atoms with van der Waals surface area (Å²) in [6, 6.07) is 8.36. The molecule has 33 heavy (non-hydrogen) atoms. The number of aromatic carboxylic acids is 1. The van der Waals surface area contributed by atoms with Crippen LogP contribution in [0.4, 0.5) is 10.2 Å². The van der Waals surface area contributed by atoms with Crippen LogP contribution >= 0.6 is 11.3 Å². The van der Waals surface area contributed by atoms with Gasteiger partial charge in [-0.3, -0.25) is 0 Å². The highest BCUT2D eigenvalue weighted by atomic mass is 32.1. The number of halogens is 1. The van der Waals surface area contributed by atoms with Crippen LogP contribution < -0.4 is 14.8 Å². The number of methoxy groups -OCH3 is 1. The first-order chi connectivity index (χ1) is 15.9. The van der Waals surface area contributed by atoms with E-state index in [2.05, 4.69) is 15.3 Å². The molecule has 0 fully saturated rings. The molecule has 4 rings (SSSR count). The second-order valence-electron chi connectivity index (χ2n) is 7.16. The molecule has 0 unspecified atom stereocenters.